The van der Waals surface area contributed by atoms with Crippen LogP contribution >= 0.6 is 11.6 Å². The van der Waals surface area contributed by atoms with E-state index in [0.29, 0.717) is 5.75 Å². The van der Waals surface area contributed by atoms with E-state index in [0.717, 1.165) is 16.7 Å². The van der Waals surface area contributed by atoms with Crippen LogP contribution in [0.25, 0.3) is 0 Å². The van der Waals surface area contributed by atoms with Gasteiger partial charge in [0, 0.05) is 6.04 Å². The largest absolute Gasteiger partial charge is 0.495 e. The van der Waals surface area contributed by atoms with Crippen LogP contribution in [0.15, 0.2) is 35.2 Å². The zero-order valence-electron chi connectivity index (χ0n) is 14.5. The predicted octanol–water partition coefficient (Wildman–Crippen LogP) is 4.31. The van der Waals surface area contributed by atoms with Gasteiger partial charge in [-0.3, -0.25) is 0 Å². The molecule has 0 heterocycles. The topological polar surface area (TPSA) is 55.4 Å². The number of halogens is 1. The summed E-state index contributed by atoms with van der Waals surface area (Å²) in [5, 5.41) is 0.260. The van der Waals surface area contributed by atoms with E-state index in [2.05, 4.69) is 10.8 Å². The number of aryl methyl sites for hydroxylation is 3. The van der Waals surface area contributed by atoms with Gasteiger partial charge in [-0.2, -0.15) is 0 Å². The van der Waals surface area contributed by atoms with Crippen molar-refractivity contribution in [3.8, 4) is 5.75 Å². The van der Waals surface area contributed by atoms with Crippen LogP contribution in [0.5, 0.6) is 5.75 Å². The fourth-order valence-corrected chi connectivity index (χ4v) is 4.20. The fourth-order valence-electron chi connectivity index (χ4n) is 2.63. The number of rotatable bonds is 5. The zero-order chi connectivity index (χ0) is 18.1. The van der Waals surface area contributed by atoms with Gasteiger partial charge in [-0.15, -0.1) is 0 Å². The number of methoxy groups -OCH3 is 1. The molecule has 1 N–H and O–H groups in total. The SMILES string of the molecule is COc1ccc(S(=O)(=O)NC(C)c2cc(C)c(C)cc2C)cc1Cl. The molecule has 0 aliphatic rings. The van der Waals surface area contributed by atoms with Crippen molar-refractivity contribution in [3.05, 3.63) is 57.6 Å². The Morgan fingerprint density at radius 1 is 1.04 bits per heavy atom. The lowest BCUT2D eigenvalue weighted by molar-refractivity contribution is 0.414. The first-order valence-electron chi connectivity index (χ1n) is 7.59. The number of sulfonamides is 1. The summed E-state index contributed by atoms with van der Waals surface area (Å²) in [7, 11) is -2.20. The highest BCUT2D eigenvalue weighted by Gasteiger charge is 2.21. The Balaban J connectivity index is 2.32. The maximum Gasteiger partial charge on any atom is 0.241 e. The van der Waals surface area contributed by atoms with Gasteiger partial charge in [0.2, 0.25) is 10.0 Å². The van der Waals surface area contributed by atoms with Gasteiger partial charge in [0.1, 0.15) is 5.75 Å². The summed E-state index contributed by atoms with van der Waals surface area (Å²) in [6, 6.07) is 8.16. The molecule has 0 radical (unpaired) electrons. The molecule has 0 saturated carbocycles. The summed E-state index contributed by atoms with van der Waals surface area (Å²) in [4.78, 5) is 0.113. The molecule has 1 unspecified atom stereocenters. The van der Waals surface area contributed by atoms with Crippen molar-refractivity contribution in [2.45, 2.75) is 38.6 Å². The van der Waals surface area contributed by atoms with E-state index in [9.17, 15) is 8.42 Å². The molecule has 0 aromatic heterocycles. The normalized spacial score (nSPS) is 12.9. The molecule has 0 fully saturated rings. The first kappa shape index (κ1) is 18.8. The molecular weight excluding hydrogens is 346 g/mol. The Bertz CT molecular complexity index is 863. The van der Waals surface area contributed by atoms with Crippen molar-refractivity contribution in [3.63, 3.8) is 0 Å². The number of hydrogen-bond acceptors (Lipinski definition) is 3. The van der Waals surface area contributed by atoms with Crippen molar-refractivity contribution in [2.24, 2.45) is 0 Å². The lowest BCUT2D eigenvalue weighted by Gasteiger charge is -2.19. The second kappa shape index (κ2) is 7.13. The van der Waals surface area contributed by atoms with E-state index in [1.807, 2.05) is 33.8 Å². The fraction of sp³-hybridized carbons (Fsp3) is 0.333. The smallest absolute Gasteiger partial charge is 0.241 e. The van der Waals surface area contributed by atoms with Crippen LogP contribution in [-0.2, 0) is 10.0 Å². The number of benzene rings is 2. The maximum atomic E-state index is 12.6. The van der Waals surface area contributed by atoms with Crippen molar-refractivity contribution in [2.75, 3.05) is 7.11 Å². The molecule has 0 aliphatic carbocycles. The van der Waals surface area contributed by atoms with Crippen molar-refractivity contribution in [1.29, 1.82) is 0 Å². The van der Waals surface area contributed by atoms with Gasteiger partial charge in [-0.25, -0.2) is 13.1 Å². The molecule has 2 aromatic rings. The summed E-state index contributed by atoms with van der Waals surface area (Å²) in [6.45, 7) is 7.87. The quantitative estimate of drug-likeness (QED) is 0.856. The first-order chi connectivity index (χ1) is 11.2. The summed E-state index contributed by atoms with van der Waals surface area (Å²) in [5.74, 6) is 0.439. The molecule has 6 heteroatoms. The molecule has 2 rings (SSSR count). The van der Waals surface area contributed by atoms with Gasteiger partial charge in [0.25, 0.3) is 0 Å². The third kappa shape index (κ3) is 3.91. The lowest BCUT2D eigenvalue weighted by atomic mass is 9.97. The minimum atomic E-state index is -3.68. The Hall–Kier alpha value is -1.56. The summed E-state index contributed by atoms with van der Waals surface area (Å²) >= 11 is 6.04. The van der Waals surface area contributed by atoms with Crippen molar-refractivity contribution < 1.29 is 13.2 Å². The highest BCUT2D eigenvalue weighted by Crippen LogP contribution is 2.28. The Morgan fingerprint density at radius 2 is 1.67 bits per heavy atom. The van der Waals surface area contributed by atoms with Gasteiger partial charge in [-0.1, -0.05) is 23.7 Å². The van der Waals surface area contributed by atoms with Gasteiger partial charge in [0.15, 0.2) is 0 Å². The Morgan fingerprint density at radius 3 is 2.25 bits per heavy atom. The second-order valence-corrected chi connectivity index (χ2v) is 8.05. The summed E-state index contributed by atoms with van der Waals surface area (Å²) < 4.78 is 33.0. The molecule has 0 amide bonds. The van der Waals surface area contributed by atoms with Gasteiger partial charge in [0.05, 0.1) is 17.0 Å². The van der Waals surface area contributed by atoms with Crippen LogP contribution in [0.1, 0.15) is 35.2 Å². The number of hydrogen-bond donors (Lipinski definition) is 1. The average Bonchev–Trinajstić information content (AvgIpc) is 2.50. The molecule has 24 heavy (non-hydrogen) atoms. The van der Waals surface area contributed by atoms with Crippen LogP contribution in [0, 0.1) is 20.8 Å². The third-order valence-electron chi connectivity index (χ3n) is 4.11. The first-order valence-corrected chi connectivity index (χ1v) is 9.45. The molecule has 0 spiro atoms. The Labute approximate surface area is 148 Å². The van der Waals surface area contributed by atoms with E-state index in [1.165, 1.54) is 24.8 Å². The van der Waals surface area contributed by atoms with E-state index in [4.69, 9.17) is 16.3 Å². The molecular formula is C18H22ClNO3S. The standard InChI is InChI=1S/C18H22ClNO3S/c1-11-8-13(3)16(9-12(11)2)14(4)20-24(21,22)15-6-7-18(23-5)17(19)10-15/h6-10,14,20H,1-5H3. The molecule has 4 nitrogen and oxygen atoms in total. The second-order valence-electron chi connectivity index (χ2n) is 5.93. The number of nitrogens with one attached hydrogen (secondary N) is 1. The highest BCUT2D eigenvalue weighted by molar-refractivity contribution is 7.89. The van der Waals surface area contributed by atoms with Crippen LogP contribution in [0.2, 0.25) is 5.02 Å². The van der Waals surface area contributed by atoms with E-state index < -0.39 is 10.0 Å². The van der Waals surface area contributed by atoms with Crippen LogP contribution < -0.4 is 9.46 Å². The van der Waals surface area contributed by atoms with Crippen LogP contribution in [0.4, 0.5) is 0 Å². The monoisotopic (exact) mass is 367 g/mol. The van der Waals surface area contributed by atoms with E-state index in [1.54, 1.807) is 6.07 Å². The average molecular weight is 368 g/mol. The molecule has 2 aromatic carbocycles. The molecule has 130 valence electrons. The highest BCUT2D eigenvalue weighted by atomic mass is 35.5. The maximum absolute atomic E-state index is 12.6. The predicted molar refractivity (Wildman–Crippen MR) is 97.4 cm³/mol. The Kier molecular flexibility index (Phi) is 5.58. The third-order valence-corrected chi connectivity index (χ3v) is 5.95. The van der Waals surface area contributed by atoms with Crippen LogP contribution in [0.3, 0.4) is 0 Å². The molecule has 0 bridgehead atoms. The molecule has 0 aliphatic heterocycles. The molecule has 1 atom stereocenters. The van der Waals surface area contributed by atoms with Crippen LogP contribution in [-0.4, -0.2) is 15.5 Å². The van der Waals surface area contributed by atoms with E-state index in [-0.39, 0.29) is 16.0 Å². The van der Waals surface area contributed by atoms with Crippen molar-refractivity contribution in [1.82, 2.24) is 4.72 Å². The lowest BCUT2D eigenvalue weighted by Crippen LogP contribution is -2.27. The minimum Gasteiger partial charge on any atom is -0.495 e. The van der Waals surface area contributed by atoms with Gasteiger partial charge < -0.3 is 4.74 Å². The van der Waals surface area contributed by atoms with E-state index >= 15 is 0 Å². The summed E-state index contributed by atoms with van der Waals surface area (Å²) in [5.41, 5.74) is 4.34. The molecule has 0 saturated heterocycles. The minimum absolute atomic E-state index is 0.113. The zero-order valence-corrected chi connectivity index (χ0v) is 16.0. The van der Waals surface area contributed by atoms with Gasteiger partial charge >= 0.3 is 0 Å². The number of ether oxygens (including phenoxy) is 1. The van der Waals surface area contributed by atoms with Crippen molar-refractivity contribution >= 4 is 21.6 Å². The summed E-state index contributed by atoms with van der Waals surface area (Å²) in [6.07, 6.45) is 0. The van der Waals surface area contributed by atoms with Gasteiger partial charge in [-0.05, 0) is 68.1 Å².